The van der Waals surface area contributed by atoms with E-state index in [9.17, 15) is 19.5 Å². The van der Waals surface area contributed by atoms with Gasteiger partial charge in [0.05, 0.1) is 23.2 Å². The zero-order valence-electron chi connectivity index (χ0n) is 24.1. The molecule has 9 heteroatoms. The second-order valence-corrected chi connectivity index (χ2v) is 14.2. The monoisotopic (exact) mass is 651 g/mol. The predicted octanol–water partition coefficient (Wildman–Crippen LogP) is 4.49. The zero-order valence-corrected chi connectivity index (χ0v) is 26.5. The summed E-state index contributed by atoms with van der Waals surface area (Å²) in [5.41, 5.74) is 3.73. The summed E-state index contributed by atoms with van der Waals surface area (Å²) in [6, 6.07) is 14.9. The van der Waals surface area contributed by atoms with E-state index in [2.05, 4.69) is 29.1 Å². The first-order valence-corrected chi connectivity index (χ1v) is 16.1. The molecule has 1 spiro atoms. The molecular weight excluding hydrogens is 614 g/mol. The van der Waals surface area contributed by atoms with Gasteiger partial charge in [0.15, 0.2) is 0 Å². The Morgan fingerprint density at radius 1 is 1.12 bits per heavy atom. The number of carbonyl (C=O) groups excluding carboxylic acids is 3. The van der Waals surface area contributed by atoms with Crippen LogP contribution < -0.4 is 4.90 Å². The van der Waals surface area contributed by atoms with Crippen LogP contribution in [0.3, 0.4) is 0 Å². The molecule has 3 saturated heterocycles. The Bertz CT molecular complexity index is 1390. The van der Waals surface area contributed by atoms with E-state index in [0.717, 1.165) is 22.4 Å². The highest BCUT2D eigenvalue weighted by Crippen LogP contribution is 2.68. The third kappa shape index (κ3) is 5.13. The number of hydrogen-bond acceptors (Lipinski definition) is 5. The van der Waals surface area contributed by atoms with E-state index in [1.165, 1.54) is 4.90 Å². The number of β-amino-alcohol motifs (C(OH)–C–C–N with tert-alkyl or cyclic N) is 1. The SMILES string of the molecule is C=CCN(Cc1ccccc1)C(=O)[C@H]1[C@H]2C(=O)N(CCO)C(C(=O)N(CC=C)c3cc(C)ccc3C)C23CC(Br)[C@@H]1S3. The first-order chi connectivity index (χ1) is 20.2. The Labute approximate surface area is 260 Å². The van der Waals surface area contributed by atoms with E-state index in [1.54, 1.807) is 33.7 Å². The number of fused-ring (bicyclic) bond motifs is 1. The number of aryl methyl sites for hydroxylation is 2. The van der Waals surface area contributed by atoms with Crippen LogP contribution in [0.2, 0.25) is 0 Å². The molecule has 5 rings (SSSR count). The molecule has 42 heavy (non-hydrogen) atoms. The lowest BCUT2D eigenvalue weighted by Gasteiger charge is -2.38. The fraction of sp³-hybridized carbons (Fsp3) is 0.424. The van der Waals surface area contributed by atoms with Crippen LogP contribution in [0.5, 0.6) is 0 Å². The number of thioether (sulfide) groups is 1. The fourth-order valence-electron chi connectivity index (χ4n) is 7.04. The maximum Gasteiger partial charge on any atom is 0.251 e. The number of aliphatic hydroxyl groups excluding tert-OH is 1. The summed E-state index contributed by atoms with van der Waals surface area (Å²) in [5, 5.41) is 9.87. The number of hydrogen-bond donors (Lipinski definition) is 1. The van der Waals surface area contributed by atoms with Gasteiger partial charge >= 0.3 is 0 Å². The maximum atomic E-state index is 14.7. The predicted molar refractivity (Wildman–Crippen MR) is 172 cm³/mol. The Balaban J connectivity index is 1.55. The van der Waals surface area contributed by atoms with E-state index in [0.29, 0.717) is 19.5 Å². The molecule has 6 atom stereocenters. The Morgan fingerprint density at radius 3 is 2.50 bits per heavy atom. The van der Waals surface area contributed by atoms with Gasteiger partial charge in [-0.1, -0.05) is 70.5 Å². The number of anilines is 1. The molecule has 2 aromatic rings. The molecule has 3 fully saturated rings. The first kappa shape index (κ1) is 30.6. The normalized spacial score (nSPS) is 27.6. The highest BCUT2D eigenvalue weighted by molar-refractivity contribution is 9.09. The molecule has 0 aromatic heterocycles. The van der Waals surface area contributed by atoms with Crippen molar-refractivity contribution < 1.29 is 19.5 Å². The van der Waals surface area contributed by atoms with Gasteiger partial charge in [-0.05, 0) is 43.0 Å². The van der Waals surface area contributed by atoms with E-state index >= 15 is 0 Å². The van der Waals surface area contributed by atoms with Crippen LogP contribution in [0.15, 0.2) is 73.8 Å². The van der Waals surface area contributed by atoms with E-state index in [4.69, 9.17) is 0 Å². The summed E-state index contributed by atoms with van der Waals surface area (Å²) >= 11 is 5.45. The number of rotatable bonds is 11. The molecular formula is C33H38BrN3O4S. The Hall–Kier alpha value is -2.88. The Morgan fingerprint density at radius 2 is 1.83 bits per heavy atom. The van der Waals surface area contributed by atoms with Crippen LogP contribution in [0.25, 0.3) is 0 Å². The van der Waals surface area contributed by atoms with Crippen molar-refractivity contribution in [1.29, 1.82) is 0 Å². The lowest BCUT2D eigenvalue weighted by atomic mass is 9.70. The number of aliphatic hydroxyl groups is 1. The maximum absolute atomic E-state index is 14.7. The molecule has 3 aliphatic heterocycles. The van der Waals surface area contributed by atoms with Gasteiger partial charge in [0.2, 0.25) is 11.8 Å². The minimum Gasteiger partial charge on any atom is -0.395 e. The molecule has 2 bridgehead atoms. The van der Waals surface area contributed by atoms with Crippen molar-refractivity contribution in [2.45, 2.75) is 47.7 Å². The van der Waals surface area contributed by atoms with E-state index in [1.807, 2.05) is 62.4 Å². The molecule has 3 aliphatic rings. The van der Waals surface area contributed by atoms with Gasteiger partial charge in [0.1, 0.15) is 6.04 Å². The molecule has 3 amide bonds. The van der Waals surface area contributed by atoms with Crippen molar-refractivity contribution in [1.82, 2.24) is 9.80 Å². The summed E-state index contributed by atoms with van der Waals surface area (Å²) in [7, 11) is 0. The van der Waals surface area contributed by atoms with Crippen LogP contribution in [0.1, 0.15) is 23.1 Å². The molecule has 0 aliphatic carbocycles. The highest BCUT2D eigenvalue weighted by atomic mass is 79.9. The summed E-state index contributed by atoms with van der Waals surface area (Å²) in [6.45, 7) is 12.5. The zero-order chi connectivity index (χ0) is 30.2. The van der Waals surface area contributed by atoms with E-state index < -0.39 is 22.6 Å². The van der Waals surface area contributed by atoms with Crippen molar-refractivity contribution >= 4 is 51.1 Å². The fourth-order valence-corrected chi connectivity index (χ4v) is 10.6. The van der Waals surface area contributed by atoms with Crippen LogP contribution >= 0.6 is 27.7 Å². The number of nitrogens with zero attached hydrogens (tertiary/aromatic N) is 3. The summed E-state index contributed by atoms with van der Waals surface area (Å²) in [6.07, 6.45) is 3.98. The van der Waals surface area contributed by atoms with Gasteiger partial charge in [0.25, 0.3) is 5.91 Å². The van der Waals surface area contributed by atoms with E-state index in [-0.39, 0.29) is 47.5 Å². The number of benzene rings is 2. The third-order valence-electron chi connectivity index (χ3n) is 8.76. The molecule has 0 saturated carbocycles. The van der Waals surface area contributed by atoms with Crippen LogP contribution in [0, 0.1) is 25.7 Å². The van der Waals surface area contributed by atoms with Crippen molar-refractivity contribution in [2.24, 2.45) is 11.8 Å². The van der Waals surface area contributed by atoms with Gasteiger partial charge in [-0.25, -0.2) is 0 Å². The summed E-state index contributed by atoms with van der Waals surface area (Å²) in [5.74, 6) is -1.80. The third-order valence-corrected chi connectivity index (χ3v) is 12.0. The highest BCUT2D eigenvalue weighted by Gasteiger charge is 2.76. The van der Waals surface area contributed by atoms with Gasteiger partial charge in [-0.15, -0.1) is 24.9 Å². The number of carbonyl (C=O) groups is 3. The Kier molecular flexibility index (Phi) is 9.02. The first-order valence-electron chi connectivity index (χ1n) is 14.3. The number of alkyl halides is 1. The molecule has 0 radical (unpaired) electrons. The molecule has 3 unspecified atom stereocenters. The second-order valence-electron chi connectivity index (χ2n) is 11.4. The van der Waals surface area contributed by atoms with Crippen LogP contribution in [-0.4, -0.2) is 79.7 Å². The summed E-state index contributed by atoms with van der Waals surface area (Å²) in [4.78, 5) is 48.3. The van der Waals surface area contributed by atoms with Crippen LogP contribution in [-0.2, 0) is 20.9 Å². The van der Waals surface area contributed by atoms with Crippen molar-refractivity contribution in [3.05, 3.63) is 90.5 Å². The number of likely N-dealkylation sites (tertiary alicyclic amines) is 1. The molecule has 3 heterocycles. The quantitative estimate of drug-likeness (QED) is 0.286. The molecule has 222 valence electrons. The van der Waals surface area contributed by atoms with Crippen molar-refractivity contribution in [2.75, 3.05) is 31.1 Å². The lowest BCUT2D eigenvalue weighted by molar-refractivity contribution is -0.144. The van der Waals surface area contributed by atoms with Gasteiger partial charge in [0, 0.05) is 41.9 Å². The number of halogens is 1. The largest absolute Gasteiger partial charge is 0.395 e. The number of amides is 3. The van der Waals surface area contributed by atoms with Gasteiger partial charge < -0.3 is 19.8 Å². The minimum atomic E-state index is -0.822. The van der Waals surface area contributed by atoms with Crippen molar-refractivity contribution in [3.63, 3.8) is 0 Å². The standard InChI is InChI=1S/C33H38BrN3O4S/c1-5-14-35(20-23-10-8-7-9-11-23)30(39)26-27-31(40)37(16-17-38)29(33(27)19-24(34)28(26)42-33)32(41)36(15-6-2)25-18-21(3)12-13-22(25)4/h5-13,18,24,26-29,38H,1-2,14-17,19-20H2,3-4H3/t24?,26-,27-,28-,29?,33?/m0/s1. The minimum absolute atomic E-state index is 0.0295. The topological polar surface area (TPSA) is 81.2 Å². The van der Waals surface area contributed by atoms with Crippen LogP contribution in [0.4, 0.5) is 5.69 Å². The average Bonchev–Trinajstić information content (AvgIpc) is 3.56. The van der Waals surface area contributed by atoms with Crippen molar-refractivity contribution in [3.8, 4) is 0 Å². The smallest absolute Gasteiger partial charge is 0.251 e. The van der Waals surface area contributed by atoms with Gasteiger partial charge in [-0.2, -0.15) is 0 Å². The molecule has 2 aromatic carbocycles. The molecule has 7 nitrogen and oxygen atoms in total. The summed E-state index contributed by atoms with van der Waals surface area (Å²) < 4.78 is -0.799. The second kappa shape index (κ2) is 12.4. The average molecular weight is 653 g/mol. The lowest BCUT2D eigenvalue weighted by Crippen LogP contribution is -2.56. The van der Waals surface area contributed by atoms with Gasteiger partial charge in [-0.3, -0.25) is 14.4 Å². The molecule has 1 N–H and O–H groups in total.